The minimum Gasteiger partial charge on any atom is -0.328 e. The second kappa shape index (κ2) is 5.09. The molecule has 4 nitrogen and oxygen atoms in total. The highest BCUT2D eigenvalue weighted by Crippen LogP contribution is 2.21. The quantitative estimate of drug-likeness (QED) is 0.691. The molecule has 0 saturated carbocycles. The molecule has 1 atom stereocenters. The van der Waals surface area contributed by atoms with Crippen molar-refractivity contribution >= 4 is 10.1 Å². The zero-order chi connectivity index (χ0) is 11.4. The third kappa shape index (κ3) is 9.95. The van der Waals surface area contributed by atoms with Crippen LogP contribution >= 0.6 is 0 Å². The molecule has 0 radical (unpaired) electrons. The maximum atomic E-state index is 10.4. The Hall–Kier alpha value is -0.130. The molecule has 0 saturated heterocycles. The van der Waals surface area contributed by atoms with Gasteiger partial charge in [0.15, 0.2) is 0 Å². The summed E-state index contributed by atoms with van der Waals surface area (Å²) in [6.07, 6.45) is 2.08. The van der Waals surface area contributed by atoms with E-state index in [9.17, 15) is 8.42 Å². The Morgan fingerprint density at radius 3 is 2.14 bits per heavy atom. The lowest BCUT2D eigenvalue weighted by molar-refractivity contribution is 0.345. The van der Waals surface area contributed by atoms with Gasteiger partial charge >= 0.3 is 0 Å². The minimum absolute atomic E-state index is 0.142. The zero-order valence-corrected chi connectivity index (χ0v) is 9.97. The van der Waals surface area contributed by atoms with Gasteiger partial charge in [-0.05, 0) is 24.7 Å². The standard InChI is InChI=1S/C9H21NO3S/c1-9(2,3)6-4-8(10)5-7-14(11,12)13/h8H,4-7,10H2,1-3H3,(H,11,12,13). The summed E-state index contributed by atoms with van der Waals surface area (Å²) in [7, 11) is -3.85. The first-order chi connectivity index (χ1) is 6.10. The van der Waals surface area contributed by atoms with Crippen LogP contribution in [-0.2, 0) is 10.1 Å². The summed E-state index contributed by atoms with van der Waals surface area (Å²) < 4.78 is 29.4. The summed E-state index contributed by atoms with van der Waals surface area (Å²) in [6.45, 7) is 6.34. The molecule has 0 aromatic carbocycles. The van der Waals surface area contributed by atoms with Gasteiger partial charge in [0.05, 0.1) is 5.75 Å². The molecule has 0 aromatic rings. The number of rotatable bonds is 5. The van der Waals surface area contributed by atoms with Gasteiger partial charge in [0.1, 0.15) is 0 Å². The zero-order valence-electron chi connectivity index (χ0n) is 9.16. The molecule has 0 amide bonds. The maximum Gasteiger partial charge on any atom is 0.264 e. The summed E-state index contributed by atoms with van der Waals surface area (Å²) in [6, 6.07) is -0.142. The summed E-state index contributed by atoms with van der Waals surface area (Å²) in [5, 5.41) is 0. The van der Waals surface area contributed by atoms with Crippen LogP contribution in [-0.4, -0.2) is 24.8 Å². The molecule has 0 aliphatic carbocycles. The molecule has 86 valence electrons. The van der Waals surface area contributed by atoms with Gasteiger partial charge in [-0.25, -0.2) is 0 Å². The summed E-state index contributed by atoms with van der Waals surface area (Å²) in [4.78, 5) is 0. The van der Waals surface area contributed by atoms with Crippen LogP contribution in [0.1, 0.15) is 40.0 Å². The Bertz CT molecular complexity index is 254. The fourth-order valence-corrected chi connectivity index (χ4v) is 1.66. The van der Waals surface area contributed by atoms with E-state index in [-0.39, 0.29) is 17.2 Å². The van der Waals surface area contributed by atoms with Crippen LogP contribution in [0.5, 0.6) is 0 Å². The van der Waals surface area contributed by atoms with Crippen molar-refractivity contribution in [1.82, 2.24) is 0 Å². The lowest BCUT2D eigenvalue weighted by Gasteiger charge is -2.20. The Labute approximate surface area is 86.6 Å². The van der Waals surface area contributed by atoms with Gasteiger partial charge in [-0.3, -0.25) is 4.55 Å². The van der Waals surface area contributed by atoms with Crippen molar-refractivity contribution in [3.05, 3.63) is 0 Å². The number of nitrogens with two attached hydrogens (primary N) is 1. The number of hydrogen-bond acceptors (Lipinski definition) is 3. The Morgan fingerprint density at radius 1 is 1.29 bits per heavy atom. The van der Waals surface area contributed by atoms with E-state index in [4.69, 9.17) is 10.3 Å². The van der Waals surface area contributed by atoms with Crippen LogP contribution in [0, 0.1) is 5.41 Å². The predicted octanol–water partition coefficient (Wildman–Crippen LogP) is 1.42. The highest BCUT2D eigenvalue weighted by Gasteiger charge is 2.14. The third-order valence-corrected chi connectivity index (χ3v) is 2.76. The van der Waals surface area contributed by atoms with Crippen LogP contribution < -0.4 is 5.73 Å². The third-order valence-electron chi connectivity index (χ3n) is 2.01. The molecule has 3 N–H and O–H groups in total. The summed E-state index contributed by atoms with van der Waals surface area (Å²) >= 11 is 0. The van der Waals surface area contributed by atoms with Crippen LogP contribution in [0.3, 0.4) is 0 Å². The van der Waals surface area contributed by atoms with Crippen LogP contribution in [0.15, 0.2) is 0 Å². The molecular formula is C9H21NO3S. The van der Waals surface area contributed by atoms with Gasteiger partial charge in [0.2, 0.25) is 0 Å². The highest BCUT2D eigenvalue weighted by atomic mass is 32.2. The van der Waals surface area contributed by atoms with Gasteiger partial charge in [-0.15, -0.1) is 0 Å². The fraction of sp³-hybridized carbons (Fsp3) is 1.00. The molecule has 0 aliphatic rings. The smallest absolute Gasteiger partial charge is 0.264 e. The van der Waals surface area contributed by atoms with Crippen molar-refractivity contribution in [2.75, 3.05) is 5.75 Å². The predicted molar refractivity (Wildman–Crippen MR) is 57.7 cm³/mol. The summed E-state index contributed by atoms with van der Waals surface area (Å²) in [5.74, 6) is -0.238. The lowest BCUT2D eigenvalue weighted by Crippen LogP contribution is -2.25. The van der Waals surface area contributed by atoms with Crippen molar-refractivity contribution in [1.29, 1.82) is 0 Å². The molecule has 14 heavy (non-hydrogen) atoms. The Kier molecular flexibility index (Phi) is 5.05. The fourth-order valence-electron chi connectivity index (χ4n) is 1.06. The van der Waals surface area contributed by atoms with Gasteiger partial charge < -0.3 is 5.73 Å². The Balaban J connectivity index is 3.73. The van der Waals surface area contributed by atoms with E-state index in [1.807, 2.05) is 0 Å². The average molecular weight is 223 g/mol. The first-order valence-corrected chi connectivity index (χ1v) is 6.42. The molecule has 0 bridgehead atoms. The van der Waals surface area contributed by atoms with E-state index in [0.717, 1.165) is 12.8 Å². The van der Waals surface area contributed by atoms with Crippen molar-refractivity contribution in [3.63, 3.8) is 0 Å². The van der Waals surface area contributed by atoms with E-state index in [1.54, 1.807) is 0 Å². The topological polar surface area (TPSA) is 80.4 Å². The van der Waals surface area contributed by atoms with Crippen molar-refractivity contribution in [2.24, 2.45) is 11.1 Å². The second-order valence-corrected chi connectivity index (χ2v) is 6.51. The van der Waals surface area contributed by atoms with E-state index in [0.29, 0.717) is 6.42 Å². The highest BCUT2D eigenvalue weighted by molar-refractivity contribution is 7.85. The van der Waals surface area contributed by atoms with Crippen molar-refractivity contribution < 1.29 is 13.0 Å². The van der Waals surface area contributed by atoms with Gasteiger partial charge in [0.25, 0.3) is 10.1 Å². The molecule has 0 heterocycles. The lowest BCUT2D eigenvalue weighted by atomic mass is 9.88. The monoisotopic (exact) mass is 223 g/mol. The maximum absolute atomic E-state index is 10.4. The molecule has 1 unspecified atom stereocenters. The minimum atomic E-state index is -3.85. The second-order valence-electron chi connectivity index (χ2n) is 4.93. The molecular weight excluding hydrogens is 202 g/mol. The molecule has 0 aromatic heterocycles. The van der Waals surface area contributed by atoms with Gasteiger partial charge in [-0.1, -0.05) is 20.8 Å². The van der Waals surface area contributed by atoms with Crippen LogP contribution in [0.2, 0.25) is 0 Å². The molecule has 0 spiro atoms. The van der Waals surface area contributed by atoms with Gasteiger partial charge in [0, 0.05) is 6.04 Å². The summed E-state index contributed by atoms with van der Waals surface area (Å²) in [5.41, 5.74) is 5.93. The molecule has 0 rings (SSSR count). The van der Waals surface area contributed by atoms with Crippen molar-refractivity contribution in [3.8, 4) is 0 Å². The SMILES string of the molecule is CC(C)(C)CCC(N)CCS(=O)(=O)O. The van der Waals surface area contributed by atoms with E-state index >= 15 is 0 Å². The van der Waals surface area contributed by atoms with Crippen molar-refractivity contribution in [2.45, 2.75) is 46.1 Å². The van der Waals surface area contributed by atoms with Crippen LogP contribution in [0.25, 0.3) is 0 Å². The normalized spacial score (nSPS) is 15.5. The van der Waals surface area contributed by atoms with Crippen LogP contribution in [0.4, 0.5) is 0 Å². The van der Waals surface area contributed by atoms with E-state index in [1.165, 1.54) is 0 Å². The number of hydrogen-bond donors (Lipinski definition) is 2. The molecule has 0 aliphatic heterocycles. The first-order valence-electron chi connectivity index (χ1n) is 4.81. The first kappa shape index (κ1) is 13.9. The largest absolute Gasteiger partial charge is 0.328 e. The van der Waals surface area contributed by atoms with E-state index < -0.39 is 10.1 Å². The molecule has 0 fully saturated rings. The van der Waals surface area contributed by atoms with Gasteiger partial charge in [-0.2, -0.15) is 8.42 Å². The van der Waals surface area contributed by atoms with E-state index in [2.05, 4.69) is 20.8 Å². The molecule has 5 heteroatoms. The average Bonchev–Trinajstić information content (AvgIpc) is 1.94. The Morgan fingerprint density at radius 2 is 1.79 bits per heavy atom.